The van der Waals surface area contributed by atoms with Gasteiger partial charge in [-0.15, -0.1) is 0 Å². The number of ether oxygens (including phenoxy) is 1. The number of amides is 1. The maximum Gasteiger partial charge on any atom is 0.310 e. The minimum Gasteiger partial charge on any atom is -0.463 e. The van der Waals surface area contributed by atoms with Crippen LogP contribution in [0.5, 0.6) is 0 Å². The first-order chi connectivity index (χ1) is 16.5. The van der Waals surface area contributed by atoms with Crippen molar-refractivity contribution in [2.24, 2.45) is 0 Å². The first-order valence-corrected chi connectivity index (χ1v) is 12.1. The Kier molecular flexibility index (Phi) is 7.57. The average molecular weight is 465 g/mol. The van der Waals surface area contributed by atoms with E-state index in [-0.39, 0.29) is 37.6 Å². The fraction of sp³-hybridized carbons (Fsp3) is 0.462. The Morgan fingerprint density at radius 1 is 1.15 bits per heavy atom. The predicted octanol–water partition coefficient (Wildman–Crippen LogP) is 3.44. The van der Waals surface area contributed by atoms with Gasteiger partial charge in [0.2, 0.25) is 0 Å². The largest absolute Gasteiger partial charge is 0.463 e. The topological polar surface area (TPSA) is 97.0 Å². The molecule has 1 atom stereocenters. The van der Waals surface area contributed by atoms with Crippen molar-refractivity contribution in [1.29, 1.82) is 0 Å². The third-order valence-electron chi connectivity index (χ3n) is 6.35. The van der Waals surface area contributed by atoms with Gasteiger partial charge < -0.3 is 14.7 Å². The molecule has 3 aromatic rings. The number of rotatable bonds is 7. The van der Waals surface area contributed by atoms with Crippen LogP contribution in [0, 0.1) is 0 Å². The third kappa shape index (κ3) is 5.28. The molecule has 8 nitrogen and oxygen atoms in total. The third-order valence-corrected chi connectivity index (χ3v) is 6.35. The van der Waals surface area contributed by atoms with Gasteiger partial charge in [-0.3, -0.25) is 9.59 Å². The number of fused-ring (bicyclic) bond motifs is 1. The van der Waals surface area contributed by atoms with Gasteiger partial charge in [-0.2, -0.15) is 5.10 Å². The quantitative estimate of drug-likeness (QED) is 0.538. The van der Waals surface area contributed by atoms with E-state index in [1.165, 1.54) is 0 Å². The van der Waals surface area contributed by atoms with Gasteiger partial charge in [-0.25, -0.2) is 9.50 Å². The lowest BCUT2D eigenvalue weighted by molar-refractivity contribution is -0.143. The molecule has 1 fully saturated rings. The molecular weight excluding hydrogens is 432 g/mol. The number of carbonyl (C=O) groups is 2. The summed E-state index contributed by atoms with van der Waals surface area (Å²) in [5.41, 5.74) is 4.53. The van der Waals surface area contributed by atoms with Crippen LogP contribution in [0.25, 0.3) is 16.9 Å². The Bertz CT molecular complexity index is 1160. The zero-order chi connectivity index (χ0) is 24.1. The van der Waals surface area contributed by atoms with Crippen LogP contribution in [0.2, 0.25) is 0 Å². The molecule has 0 radical (unpaired) electrons. The molecule has 0 spiro atoms. The summed E-state index contributed by atoms with van der Waals surface area (Å²) in [6, 6.07) is 11.5. The summed E-state index contributed by atoms with van der Waals surface area (Å²) < 4.78 is 6.72. The molecule has 3 heterocycles. The monoisotopic (exact) mass is 464 g/mol. The minimum atomic E-state index is -0.373. The van der Waals surface area contributed by atoms with Crippen molar-refractivity contribution in [3.63, 3.8) is 0 Å². The van der Waals surface area contributed by atoms with Crippen LogP contribution in [0.4, 0.5) is 0 Å². The Morgan fingerprint density at radius 3 is 2.68 bits per heavy atom. The summed E-state index contributed by atoms with van der Waals surface area (Å²) >= 11 is 0. The van der Waals surface area contributed by atoms with Crippen molar-refractivity contribution < 1.29 is 19.4 Å². The van der Waals surface area contributed by atoms with Gasteiger partial charge in [0.15, 0.2) is 5.65 Å². The van der Waals surface area contributed by atoms with Crippen LogP contribution in [0.3, 0.4) is 0 Å². The zero-order valence-corrected chi connectivity index (χ0v) is 19.9. The fourth-order valence-electron chi connectivity index (χ4n) is 4.43. The van der Waals surface area contributed by atoms with E-state index in [4.69, 9.17) is 14.9 Å². The highest BCUT2D eigenvalue weighted by Crippen LogP contribution is 2.23. The molecule has 0 aliphatic carbocycles. The van der Waals surface area contributed by atoms with E-state index in [0.717, 1.165) is 61.2 Å². The number of hydrogen-bond acceptors (Lipinski definition) is 6. The van der Waals surface area contributed by atoms with Gasteiger partial charge in [0.25, 0.3) is 5.91 Å². The molecule has 1 unspecified atom stereocenters. The second-order valence-electron chi connectivity index (χ2n) is 8.80. The molecule has 1 amide bonds. The lowest BCUT2D eigenvalue weighted by Crippen LogP contribution is -2.38. The van der Waals surface area contributed by atoms with Crippen LogP contribution in [0.1, 0.15) is 61.3 Å². The number of hydrogen-bond donors (Lipinski definition) is 1. The van der Waals surface area contributed by atoms with Gasteiger partial charge in [0.05, 0.1) is 18.7 Å². The normalized spacial score (nSPS) is 16.4. The minimum absolute atomic E-state index is 0.00604. The second kappa shape index (κ2) is 10.8. The number of aliphatic hydroxyl groups excluding tert-OH is 1. The highest BCUT2D eigenvalue weighted by atomic mass is 16.5. The SMILES string of the molecule is CCc1cc(C(=O)N2CCCCCC2C)nc2cc(-c3ccc(CC(=O)OCCO)cc3)nn12. The molecule has 1 aliphatic heterocycles. The number of esters is 1. The molecule has 1 saturated heterocycles. The van der Waals surface area contributed by atoms with Crippen LogP contribution in [0.15, 0.2) is 36.4 Å². The summed E-state index contributed by atoms with van der Waals surface area (Å²) in [4.78, 5) is 31.7. The molecule has 1 aliphatic rings. The highest BCUT2D eigenvalue weighted by Gasteiger charge is 2.25. The molecular formula is C26H32N4O4. The number of nitrogens with zero attached hydrogens (tertiary/aromatic N) is 4. The first kappa shape index (κ1) is 23.9. The number of benzene rings is 1. The van der Waals surface area contributed by atoms with Crippen molar-refractivity contribution in [2.75, 3.05) is 19.8 Å². The average Bonchev–Trinajstić information content (AvgIpc) is 3.16. The fourth-order valence-corrected chi connectivity index (χ4v) is 4.43. The van der Waals surface area contributed by atoms with Crippen LogP contribution < -0.4 is 0 Å². The summed E-state index contributed by atoms with van der Waals surface area (Å²) in [6.07, 6.45) is 5.26. The van der Waals surface area contributed by atoms with E-state index in [9.17, 15) is 9.59 Å². The summed E-state index contributed by atoms with van der Waals surface area (Å²) in [7, 11) is 0. The number of aryl methyl sites for hydroxylation is 1. The van der Waals surface area contributed by atoms with Gasteiger partial charge in [-0.05, 0) is 37.8 Å². The molecule has 8 heteroatoms. The van der Waals surface area contributed by atoms with Gasteiger partial charge in [0.1, 0.15) is 12.3 Å². The number of aliphatic hydroxyl groups is 1. The van der Waals surface area contributed by atoms with E-state index in [1.807, 2.05) is 48.2 Å². The van der Waals surface area contributed by atoms with Gasteiger partial charge in [-0.1, -0.05) is 44.0 Å². The lowest BCUT2D eigenvalue weighted by Gasteiger charge is -2.27. The first-order valence-electron chi connectivity index (χ1n) is 12.1. The molecule has 1 N–H and O–H groups in total. The maximum atomic E-state index is 13.3. The molecule has 4 rings (SSSR count). The molecule has 180 valence electrons. The van der Waals surface area contributed by atoms with E-state index in [1.54, 1.807) is 4.52 Å². The predicted molar refractivity (Wildman–Crippen MR) is 129 cm³/mol. The Labute approximate surface area is 199 Å². The highest BCUT2D eigenvalue weighted by molar-refractivity contribution is 5.93. The molecule has 2 aromatic heterocycles. The number of aromatic nitrogens is 3. The molecule has 34 heavy (non-hydrogen) atoms. The summed E-state index contributed by atoms with van der Waals surface area (Å²) in [5.74, 6) is -0.381. The molecule has 1 aromatic carbocycles. The smallest absolute Gasteiger partial charge is 0.310 e. The number of carbonyl (C=O) groups excluding carboxylic acids is 2. The van der Waals surface area contributed by atoms with Gasteiger partial charge in [0, 0.05) is 29.9 Å². The summed E-state index contributed by atoms with van der Waals surface area (Å²) in [6.45, 7) is 4.76. The van der Waals surface area contributed by atoms with Crippen LogP contribution >= 0.6 is 0 Å². The van der Waals surface area contributed by atoms with Crippen molar-refractivity contribution in [1.82, 2.24) is 19.5 Å². The maximum absolute atomic E-state index is 13.3. The van der Waals surface area contributed by atoms with E-state index < -0.39 is 0 Å². The standard InChI is InChI=1S/C26H32N4O4/c1-3-21-16-23(26(33)29-12-6-4-5-7-18(29)2)27-24-17-22(28-30(21)24)20-10-8-19(9-11-20)15-25(32)34-14-13-31/h8-11,16-18,31H,3-7,12-15H2,1-2H3. The number of likely N-dealkylation sites (tertiary alicyclic amines) is 1. The van der Waals surface area contributed by atoms with Crippen molar-refractivity contribution in [3.05, 3.63) is 53.3 Å². The Hall–Kier alpha value is -3.26. The van der Waals surface area contributed by atoms with Crippen LogP contribution in [-0.4, -0.2) is 62.3 Å². The Morgan fingerprint density at radius 2 is 1.94 bits per heavy atom. The summed E-state index contributed by atoms with van der Waals surface area (Å²) in [5, 5.41) is 13.5. The van der Waals surface area contributed by atoms with Crippen molar-refractivity contribution in [3.8, 4) is 11.3 Å². The van der Waals surface area contributed by atoms with E-state index >= 15 is 0 Å². The molecule has 0 bridgehead atoms. The van der Waals surface area contributed by atoms with Crippen molar-refractivity contribution >= 4 is 17.5 Å². The van der Waals surface area contributed by atoms with Crippen LogP contribution in [-0.2, 0) is 22.4 Å². The lowest BCUT2D eigenvalue weighted by atomic mass is 10.1. The van der Waals surface area contributed by atoms with E-state index in [2.05, 4.69) is 11.9 Å². The van der Waals surface area contributed by atoms with Crippen molar-refractivity contribution in [2.45, 2.75) is 58.4 Å². The van der Waals surface area contributed by atoms with E-state index in [0.29, 0.717) is 11.3 Å². The zero-order valence-electron chi connectivity index (χ0n) is 19.9. The molecule has 0 saturated carbocycles. The Balaban J connectivity index is 1.58. The van der Waals surface area contributed by atoms with Gasteiger partial charge >= 0.3 is 5.97 Å². The second-order valence-corrected chi connectivity index (χ2v) is 8.80.